The minimum absolute atomic E-state index is 0.120. The van der Waals surface area contributed by atoms with Gasteiger partial charge in [0.25, 0.3) is 0 Å². The van der Waals surface area contributed by atoms with Crippen molar-refractivity contribution in [3.8, 4) is 0 Å². The van der Waals surface area contributed by atoms with Crippen LogP contribution in [0.2, 0.25) is 0 Å². The zero-order chi connectivity index (χ0) is 13.9. The molecule has 100 valence electrons. The van der Waals surface area contributed by atoms with Crippen molar-refractivity contribution in [3.63, 3.8) is 0 Å². The molecular weight excluding hydrogens is 240 g/mol. The van der Waals surface area contributed by atoms with E-state index in [2.05, 4.69) is 0 Å². The first-order valence-electron chi connectivity index (χ1n) is 6.53. The van der Waals surface area contributed by atoms with Crippen molar-refractivity contribution in [3.05, 3.63) is 47.5 Å². The molecule has 1 unspecified atom stereocenters. The lowest BCUT2D eigenvalue weighted by molar-refractivity contribution is -0.152. The highest BCUT2D eigenvalue weighted by molar-refractivity contribution is 6.11. The van der Waals surface area contributed by atoms with Crippen LogP contribution in [0.15, 0.2) is 42.0 Å². The van der Waals surface area contributed by atoms with Gasteiger partial charge in [-0.1, -0.05) is 36.4 Å². The van der Waals surface area contributed by atoms with Crippen LogP contribution >= 0.6 is 0 Å². The van der Waals surface area contributed by atoms with Gasteiger partial charge in [0.2, 0.25) is 0 Å². The smallest absolute Gasteiger partial charge is 0.324 e. The Morgan fingerprint density at radius 2 is 2.00 bits per heavy atom. The van der Waals surface area contributed by atoms with E-state index in [1.54, 1.807) is 6.92 Å². The monoisotopic (exact) mass is 258 g/mol. The van der Waals surface area contributed by atoms with Crippen molar-refractivity contribution < 1.29 is 14.3 Å². The van der Waals surface area contributed by atoms with Crippen LogP contribution < -0.4 is 0 Å². The van der Waals surface area contributed by atoms with Crippen LogP contribution in [0, 0.1) is 5.41 Å². The zero-order valence-corrected chi connectivity index (χ0v) is 11.3. The summed E-state index contributed by atoms with van der Waals surface area (Å²) < 4.78 is 5.01. The van der Waals surface area contributed by atoms with Gasteiger partial charge in [-0.2, -0.15) is 0 Å². The fourth-order valence-electron chi connectivity index (χ4n) is 2.29. The number of hydrogen-bond donors (Lipinski definition) is 0. The molecule has 0 N–H and O–H groups in total. The lowest BCUT2D eigenvalue weighted by Crippen LogP contribution is -2.26. The average molecular weight is 258 g/mol. The molecule has 3 heteroatoms. The van der Waals surface area contributed by atoms with Gasteiger partial charge in [-0.15, -0.1) is 0 Å². The van der Waals surface area contributed by atoms with Crippen molar-refractivity contribution in [2.75, 3.05) is 6.61 Å². The van der Waals surface area contributed by atoms with E-state index in [1.807, 2.05) is 36.4 Å². The van der Waals surface area contributed by atoms with E-state index in [4.69, 9.17) is 4.74 Å². The lowest BCUT2D eigenvalue weighted by Gasteiger charge is -2.09. The molecule has 0 aromatic heterocycles. The van der Waals surface area contributed by atoms with Crippen LogP contribution in [0.5, 0.6) is 0 Å². The highest BCUT2D eigenvalue weighted by Crippen LogP contribution is 2.53. The fraction of sp³-hybridized carbons (Fsp3) is 0.375. The van der Waals surface area contributed by atoms with Crippen molar-refractivity contribution in [2.45, 2.75) is 26.7 Å². The Kier molecular flexibility index (Phi) is 3.84. The second-order valence-corrected chi connectivity index (χ2v) is 4.78. The SMILES string of the molecule is CCOC(=O)C1(C(C)=O)C/C1=C/Cc1ccccc1. The minimum atomic E-state index is -0.981. The third-order valence-corrected chi connectivity index (χ3v) is 3.53. The molecule has 0 saturated heterocycles. The van der Waals surface area contributed by atoms with Gasteiger partial charge in [0.1, 0.15) is 0 Å². The van der Waals surface area contributed by atoms with Gasteiger partial charge < -0.3 is 4.74 Å². The van der Waals surface area contributed by atoms with Gasteiger partial charge in [0, 0.05) is 0 Å². The number of benzene rings is 1. The van der Waals surface area contributed by atoms with Crippen LogP contribution in [0.1, 0.15) is 25.8 Å². The summed E-state index contributed by atoms with van der Waals surface area (Å²) in [6, 6.07) is 9.97. The van der Waals surface area contributed by atoms with Gasteiger partial charge in [-0.25, -0.2) is 0 Å². The number of esters is 1. The van der Waals surface area contributed by atoms with Crippen LogP contribution in [-0.4, -0.2) is 18.4 Å². The van der Waals surface area contributed by atoms with E-state index in [1.165, 1.54) is 12.5 Å². The molecule has 1 fully saturated rings. The number of allylic oxidation sites excluding steroid dienone is 1. The molecule has 1 aliphatic rings. The zero-order valence-electron chi connectivity index (χ0n) is 11.3. The molecule has 1 atom stereocenters. The maximum atomic E-state index is 11.9. The van der Waals surface area contributed by atoms with Crippen molar-refractivity contribution in [1.29, 1.82) is 0 Å². The van der Waals surface area contributed by atoms with Gasteiger partial charge in [-0.3, -0.25) is 9.59 Å². The second kappa shape index (κ2) is 5.39. The maximum Gasteiger partial charge on any atom is 0.324 e. The molecule has 0 radical (unpaired) electrons. The molecule has 1 aromatic carbocycles. The van der Waals surface area contributed by atoms with Crippen LogP contribution in [0.4, 0.5) is 0 Å². The summed E-state index contributed by atoms with van der Waals surface area (Å²) in [6.07, 6.45) is 3.23. The Bertz CT molecular complexity index is 516. The first-order chi connectivity index (χ1) is 9.11. The van der Waals surface area contributed by atoms with Gasteiger partial charge in [-0.05, 0) is 37.8 Å². The second-order valence-electron chi connectivity index (χ2n) is 4.78. The summed E-state index contributed by atoms with van der Waals surface area (Å²) in [6.45, 7) is 3.52. The number of carbonyl (C=O) groups excluding carboxylic acids is 2. The Balaban J connectivity index is 2.11. The Labute approximate surface area is 113 Å². The number of hydrogen-bond acceptors (Lipinski definition) is 3. The van der Waals surface area contributed by atoms with E-state index in [9.17, 15) is 9.59 Å². The standard InChI is InChI=1S/C16H18O3/c1-3-19-15(18)16(12(2)17)11-14(16)10-9-13-7-5-4-6-8-13/h4-8,10H,3,9,11H2,1-2H3/b14-10-. The first-order valence-corrected chi connectivity index (χ1v) is 6.53. The Morgan fingerprint density at radius 3 is 2.58 bits per heavy atom. The predicted molar refractivity (Wildman–Crippen MR) is 72.6 cm³/mol. The van der Waals surface area contributed by atoms with Gasteiger partial charge >= 0.3 is 5.97 Å². The van der Waals surface area contributed by atoms with E-state index in [-0.39, 0.29) is 5.78 Å². The summed E-state index contributed by atoms with van der Waals surface area (Å²) in [7, 11) is 0. The molecule has 19 heavy (non-hydrogen) atoms. The topological polar surface area (TPSA) is 43.4 Å². The fourth-order valence-corrected chi connectivity index (χ4v) is 2.29. The van der Waals surface area contributed by atoms with E-state index in [0.29, 0.717) is 13.0 Å². The summed E-state index contributed by atoms with van der Waals surface area (Å²) in [5, 5.41) is 0. The molecule has 0 heterocycles. The molecule has 0 amide bonds. The number of ketones is 1. The molecule has 1 aliphatic carbocycles. The highest BCUT2D eigenvalue weighted by Gasteiger charge is 2.60. The predicted octanol–water partition coefficient (Wildman–Crippen LogP) is 2.70. The highest BCUT2D eigenvalue weighted by atomic mass is 16.5. The Morgan fingerprint density at radius 1 is 1.32 bits per heavy atom. The molecule has 2 rings (SSSR count). The largest absolute Gasteiger partial charge is 0.465 e. The number of carbonyl (C=O) groups is 2. The van der Waals surface area contributed by atoms with Crippen molar-refractivity contribution >= 4 is 11.8 Å². The van der Waals surface area contributed by atoms with Crippen LogP contribution in [-0.2, 0) is 20.7 Å². The molecule has 0 bridgehead atoms. The van der Waals surface area contributed by atoms with Crippen molar-refractivity contribution in [1.82, 2.24) is 0 Å². The molecule has 3 nitrogen and oxygen atoms in total. The third kappa shape index (κ3) is 2.60. The van der Waals surface area contributed by atoms with E-state index in [0.717, 1.165) is 12.0 Å². The summed E-state index contributed by atoms with van der Waals surface area (Å²) in [5.41, 5.74) is 1.08. The quantitative estimate of drug-likeness (QED) is 0.463. The molecular formula is C16H18O3. The number of ether oxygens (including phenoxy) is 1. The van der Waals surface area contributed by atoms with Gasteiger partial charge in [0.05, 0.1) is 6.61 Å². The van der Waals surface area contributed by atoms with Crippen molar-refractivity contribution in [2.24, 2.45) is 5.41 Å². The summed E-state index contributed by atoms with van der Waals surface area (Å²) in [5.74, 6) is -0.521. The molecule has 1 saturated carbocycles. The van der Waals surface area contributed by atoms with Crippen LogP contribution in [0.25, 0.3) is 0 Å². The average Bonchev–Trinajstić information content (AvgIpc) is 3.14. The summed E-state index contributed by atoms with van der Waals surface area (Å²) >= 11 is 0. The maximum absolute atomic E-state index is 11.9. The minimum Gasteiger partial charge on any atom is -0.465 e. The first kappa shape index (κ1) is 13.5. The number of rotatable bonds is 5. The van der Waals surface area contributed by atoms with E-state index >= 15 is 0 Å². The van der Waals surface area contributed by atoms with Crippen LogP contribution in [0.3, 0.4) is 0 Å². The molecule has 0 spiro atoms. The summed E-state index contributed by atoms with van der Waals surface area (Å²) in [4.78, 5) is 23.6. The Hall–Kier alpha value is -1.90. The number of Topliss-reactive ketones (excluding diaryl/α,β-unsaturated/α-hetero) is 1. The normalized spacial score (nSPS) is 23.2. The van der Waals surface area contributed by atoms with E-state index < -0.39 is 11.4 Å². The lowest BCUT2D eigenvalue weighted by atomic mass is 10.0. The molecule has 1 aromatic rings. The third-order valence-electron chi connectivity index (χ3n) is 3.53. The van der Waals surface area contributed by atoms with Gasteiger partial charge in [0.15, 0.2) is 11.2 Å². The molecule has 0 aliphatic heterocycles.